The largest absolute Gasteiger partial charge is 0.492 e. The van der Waals surface area contributed by atoms with Crippen molar-refractivity contribution in [2.45, 2.75) is 44.5 Å². The van der Waals surface area contributed by atoms with Gasteiger partial charge in [0.2, 0.25) is 10.8 Å². The van der Waals surface area contributed by atoms with Crippen molar-refractivity contribution < 1.29 is 23.4 Å². The van der Waals surface area contributed by atoms with E-state index in [4.69, 9.17) is 0 Å². The Labute approximate surface area is 169 Å². The molecule has 1 fully saturated rings. The van der Waals surface area contributed by atoms with Gasteiger partial charge in [0.25, 0.3) is 0 Å². The Bertz CT molecular complexity index is 1010. The summed E-state index contributed by atoms with van der Waals surface area (Å²) in [6.45, 7) is 2.92. The summed E-state index contributed by atoms with van der Waals surface area (Å²) in [6, 6.07) is 4.60. The van der Waals surface area contributed by atoms with Gasteiger partial charge in [0.1, 0.15) is 0 Å². The van der Waals surface area contributed by atoms with Crippen LogP contribution in [-0.2, 0) is 12.6 Å². The van der Waals surface area contributed by atoms with Crippen LogP contribution in [0.5, 0.6) is 5.88 Å². The third-order valence-electron chi connectivity index (χ3n) is 5.20. The van der Waals surface area contributed by atoms with E-state index >= 15 is 0 Å². The monoisotopic (exact) mass is 426 g/mol. The molecule has 2 N–H and O–H groups in total. The molecule has 29 heavy (non-hydrogen) atoms. The van der Waals surface area contributed by atoms with Crippen molar-refractivity contribution >= 4 is 16.3 Å². The fourth-order valence-electron chi connectivity index (χ4n) is 3.68. The number of aromatic nitrogens is 3. The number of hydrogen-bond acceptors (Lipinski definition) is 6. The number of aliphatic hydroxyl groups is 1. The second-order valence-electron chi connectivity index (χ2n) is 7.16. The first-order valence-electron chi connectivity index (χ1n) is 9.44. The van der Waals surface area contributed by atoms with Crippen LogP contribution in [0.3, 0.4) is 0 Å². The number of fused-ring (bicyclic) bond motifs is 1. The van der Waals surface area contributed by atoms with Crippen LogP contribution in [0.25, 0.3) is 4.96 Å². The van der Waals surface area contributed by atoms with Gasteiger partial charge < -0.3 is 10.2 Å². The van der Waals surface area contributed by atoms with Crippen molar-refractivity contribution in [3.8, 4) is 5.88 Å². The lowest BCUT2D eigenvalue weighted by Gasteiger charge is -2.36. The maximum absolute atomic E-state index is 13.3. The number of likely N-dealkylation sites (tertiary alicyclic amines) is 1. The lowest BCUT2D eigenvalue weighted by atomic mass is 9.97. The minimum absolute atomic E-state index is 0.106. The van der Waals surface area contributed by atoms with Crippen LogP contribution in [0.1, 0.15) is 47.6 Å². The van der Waals surface area contributed by atoms with Crippen molar-refractivity contribution in [1.29, 1.82) is 0 Å². The SMILES string of the molecule is CCc1nc2sc(C(c3cccc(C(F)(F)F)c3)N3CCC(O)CC3)c(O)n2n1. The minimum atomic E-state index is -4.46. The highest BCUT2D eigenvalue weighted by atomic mass is 32.1. The second kappa shape index (κ2) is 7.58. The Kier molecular flexibility index (Phi) is 5.26. The van der Waals surface area contributed by atoms with Gasteiger partial charge in [-0.1, -0.05) is 30.4 Å². The Hall–Kier alpha value is -2.17. The Morgan fingerprint density at radius 2 is 2.00 bits per heavy atom. The molecule has 0 spiro atoms. The second-order valence-corrected chi connectivity index (χ2v) is 8.17. The number of halogens is 3. The third kappa shape index (κ3) is 3.84. The van der Waals surface area contributed by atoms with E-state index in [1.807, 2.05) is 11.8 Å². The summed E-state index contributed by atoms with van der Waals surface area (Å²) in [7, 11) is 0. The van der Waals surface area contributed by atoms with Crippen molar-refractivity contribution in [2.24, 2.45) is 0 Å². The van der Waals surface area contributed by atoms with E-state index in [1.54, 1.807) is 6.07 Å². The van der Waals surface area contributed by atoms with Gasteiger partial charge in [0.05, 0.1) is 22.6 Å². The van der Waals surface area contributed by atoms with Crippen molar-refractivity contribution in [3.63, 3.8) is 0 Å². The first-order valence-corrected chi connectivity index (χ1v) is 10.3. The van der Waals surface area contributed by atoms with E-state index in [-0.39, 0.29) is 5.88 Å². The van der Waals surface area contributed by atoms with Crippen LogP contribution in [0, 0.1) is 0 Å². The molecule has 0 radical (unpaired) electrons. The number of aromatic hydroxyl groups is 1. The fourth-order valence-corrected chi connectivity index (χ4v) is 4.81. The maximum atomic E-state index is 13.3. The molecule has 3 aromatic rings. The topological polar surface area (TPSA) is 73.9 Å². The molecular formula is C19H21F3N4O2S. The summed E-state index contributed by atoms with van der Waals surface area (Å²) in [5, 5.41) is 24.9. The lowest BCUT2D eigenvalue weighted by molar-refractivity contribution is -0.137. The Balaban J connectivity index is 1.81. The molecule has 2 aromatic heterocycles. The third-order valence-corrected chi connectivity index (χ3v) is 6.27. The Morgan fingerprint density at radius 1 is 1.28 bits per heavy atom. The number of aryl methyl sites for hydroxylation is 1. The molecule has 6 nitrogen and oxygen atoms in total. The van der Waals surface area contributed by atoms with Crippen LogP contribution in [0.2, 0.25) is 0 Å². The number of aliphatic hydroxyl groups excluding tert-OH is 1. The number of rotatable bonds is 4. The van der Waals surface area contributed by atoms with Gasteiger partial charge >= 0.3 is 6.18 Å². The van der Waals surface area contributed by atoms with Crippen molar-refractivity contribution in [2.75, 3.05) is 13.1 Å². The molecule has 10 heteroatoms. The normalized spacial score (nSPS) is 17.8. The first-order chi connectivity index (χ1) is 13.8. The molecule has 0 bridgehead atoms. The molecule has 1 aromatic carbocycles. The quantitative estimate of drug-likeness (QED) is 0.667. The van der Waals surface area contributed by atoms with Gasteiger partial charge in [0, 0.05) is 19.5 Å². The predicted octanol–water partition coefficient (Wildman–Crippen LogP) is 3.62. The molecule has 156 valence electrons. The minimum Gasteiger partial charge on any atom is -0.492 e. The molecule has 4 rings (SSSR count). The molecule has 0 amide bonds. The summed E-state index contributed by atoms with van der Waals surface area (Å²) in [6.07, 6.45) is -3.21. The van der Waals surface area contributed by atoms with Gasteiger partial charge in [0.15, 0.2) is 5.82 Å². The number of hydrogen-bond donors (Lipinski definition) is 2. The molecule has 0 aliphatic carbocycles. The highest BCUT2D eigenvalue weighted by molar-refractivity contribution is 7.17. The number of piperidine rings is 1. The summed E-state index contributed by atoms with van der Waals surface area (Å²) < 4.78 is 41.2. The molecule has 1 unspecified atom stereocenters. The van der Waals surface area contributed by atoms with Crippen LogP contribution in [0.4, 0.5) is 13.2 Å². The van der Waals surface area contributed by atoms with Gasteiger partial charge in [-0.2, -0.15) is 17.7 Å². The van der Waals surface area contributed by atoms with E-state index in [0.29, 0.717) is 53.6 Å². The zero-order valence-corrected chi connectivity index (χ0v) is 16.5. The highest BCUT2D eigenvalue weighted by Crippen LogP contribution is 2.42. The molecular weight excluding hydrogens is 405 g/mol. The van der Waals surface area contributed by atoms with Gasteiger partial charge in [-0.3, -0.25) is 4.90 Å². The zero-order chi connectivity index (χ0) is 20.8. The average molecular weight is 426 g/mol. The van der Waals surface area contributed by atoms with Gasteiger partial charge in [-0.25, -0.2) is 4.98 Å². The molecule has 3 heterocycles. The first kappa shape index (κ1) is 20.1. The van der Waals surface area contributed by atoms with Crippen molar-refractivity contribution in [3.05, 3.63) is 46.1 Å². The van der Waals surface area contributed by atoms with E-state index in [2.05, 4.69) is 10.1 Å². The number of thiazole rings is 1. The van der Waals surface area contributed by atoms with E-state index < -0.39 is 23.9 Å². The maximum Gasteiger partial charge on any atom is 0.416 e. The fraction of sp³-hybridized carbons (Fsp3) is 0.474. The van der Waals surface area contributed by atoms with Crippen LogP contribution in [0.15, 0.2) is 24.3 Å². The molecule has 1 atom stereocenters. The average Bonchev–Trinajstić information content (AvgIpc) is 3.23. The molecule has 0 saturated carbocycles. The summed E-state index contributed by atoms with van der Waals surface area (Å²) in [5.74, 6) is 0.487. The van der Waals surface area contributed by atoms with Crippen LogP contribution < -0.4 is 0 Å². The highest BCUT2D eigenvalue weighted by Gasteiger charge is 2.35. The molecule has 1 saturated heterocycles. The van der Waals surface area contributed by atoms with Gasteiger partial charge in [-0.05, 0) is 30.5 Å². The Morgan fingerprint density at radius 3 is 2.62 bits per heavy atom. The predicted molar refractivity (Wildman–Crippen MR) is 102 cm³/mol. The number of alkyl halides is 3. The summed E-state index contributed by atoms with van der Waals surface area (Å²) in [5.41, 5.74) is -0.295. The van der Waals surface area contributed by atoms with Crippen LogP contribution in [-0.4, -0.2) is 48.9 Å². The summed E-state index contributed by atoms with van der Waals surface area (Å²) >= 11 is 1.22. The zero-order valence-electron chi connectivity index (χ0n) is 15.7. The van der Waals surface area contributed by atoms with E-state index in [9.17, 15) is 23.4 Å². The van der Waals surface area contributed by atoms with E-state index in [0.717, 1.165) is 12.1 Å². The van der Waals surface area contributed by atoms with Crippen LogP contribution >= 0.6 is 11.3 Å². The summed E-state index contributed by atoms with van der Waals surface area (Å²) in [4.78, 5) is 7.37. The number of benzene rings is 1. The number of nitrogens with zero attached hydrogens (tertiary/aromatic N) is 4. The molecule has 1 aliphatic heterocycles. The van der Waals surface area contributed by atoms with Gasteiger partial charge in [-0.15, -0.1) is 5.10 Å². The van der Waals surface area contributed by atoms with E-state index in [1.165, 1.54) is 21.9 Å². The smallest absolute Gasteiger partial charge is 0.416 e. The standard InChI is InChI=1S/C19H21F3N4O2S/c1-2-14-23-18-26(24-14)17(28)16(29-18)15(25-8-6-13(27)7-9-25)11-4-3-5-12(10-11)19(20,21)22/h3-5,10,13,15,27-28H,2,6-9H2,1H3. The molecule has 1 aliphatic rings. The lowest BCUT2D eigenvalue weighted by Crippen LogP contribution is -2.38. The van der Waals surface area contributed by atoms with Crippen molar-refractivity contribution in [1.82, 2.24) is 19.5 Å².